The monoisotopic (exact) mass is 731 g/mol. The van der Waals surface area contributed by atoms with Gasteiger partial charge in [-0.05, 0) is 92.6 Å². The number of nitrogens with zero attached hydrogens (tertiary/aromatic N) is 3. The van der Waals surface area contributed by atoms with E-state index in [1.165, 1.54) is 18.3 Å². The van der Waals surface area contributed by atoms with Crippen LogP contribution >= 0.6 is 45.2 Å². The molecule has 0 amide bonds. The molecule has 0 aliphatic heterocycles. The predicted molar refractivity (Wildman–Crippen MR) is 156 cm³/mol. The minimum Gasteiger partial charge on any atom is -0.491 e. The molecular formula is C27H22F3I2N3O2. The highest BCUT2D eigenvalue weighted by molar-refractivity contribution is 14.1. The van der Waals surface area contributed by atoms with Gasteiger partial charge in [-0.3, -0.25) is 4.79 Å². The second-order valence-corrected chi connectivity index (χ2v) is 11.9. The van der Waals surface area contributed by atoms with E-state index in [2.05, 4.69) is 76.0 Å². The summed E-state index contributed by atoms with van der Waals surface area (Å²) in [6, 6.07) is 15.1. The number of alkyl halides is 3. The van der Waals surface area contributed by atoms with Crippen LogP contribution in [0.4, 0.5) is 13.2 Å². The summed E-state index contributed by atoms with van der Waals surface area (Å²) in [4.78, 5) is 17.9. The number of ether oxygens (including phenoxy) is 1. The van der Waals surface area contributed by atoms with Crippen LogP contribution in [-0.4, -0.2) is 22.5 Å². The second-order valence-electron chi connectivity index (χ2n) is 9.56. The number of halogens is 5. The van der Waals surface area contributed by atoms with Crippen LogP contribution in [0.5, 0.6) is 5.75 Å². The van der Waals surface area contributed by atoms with Gasteiger partial charge in [0.1, 0.15) is 5.75 Å². The summed E-state index contributed by atoms with van der Waals surface area (Å²) in [5.74, 6) is 0.781. The zero-order valence-corrected chi connectivity index (χ0v) is 24.4. The molecule has 0 N–H and O–H groups in total. The smallest absolute Gasteiger partial charge is 0.416 e. The number of fused-ring (bicyclic) bond motifs is 1. The fourth-order valence-electron chi connectivity index (χ4n) is 3.46. The van der Waals surface area contributed by atoms with E-state index in [1.54, 1.807) is 24.3 Å². The van der Waals surface area contributed by atoms with Gasteiger partial charge in [0.05, 0.1) is 36.4 Å². The van der Waals surface area contributed by atoms with E-state index >= 15 is 0 Å². The lowest BCUT2D eigenvalue weighted by atomic mass is 9.99. The molecule has 0 bridgehead atoms. The lowest BCUT2D eigenvalue weighted by Gasteiger charge is -2.20. The molecule has 0 spiro atoms. The van der Waals surface area contributed by atoms with Crippen LogP contribution in [0.2, 0.25) is 0 Å². The predicted octanol–water partition coefficient (Wildman–Crippen LogP) is 7.60. The van der Waals surface area contributed by atoms with Crippen LogP contribution in [-0.2, 0) is 6.18 Å². The Balaban J connectivity index is 1.81. The molecule has 0 aliphatic rings. The fraction of sp³-hybridized carbons (Fsp3) is 0.222. The lowest BCUT2D eigenvalue weighted by Crippen LogP contribution is -2.20. The van der Waals surface area contributed by atoms with Crippen molar-refractivity contribution in [3.05, 3.63) is 89.3 Å². The van der Waals surface area contributed by atoms with Gasteiger partial charge in [0.15, 0.2) is 5.82 Å². The second kappa shape index (κ2) is 10.7. The molecule has 0 saturated carbocycles. The maximum Gasteiger partial charge on any atom is 0.416 e. The molecule has 4 aromatic rings. The maximum absolute atomic E-state index is 13.4. The zero-order valence-electron chi connectivity index (χ0n) is 20.1. The first-order valence-electron chi connectivity index (χ1n) is 11.2. The third-order valence-corrected chi connectivity index (χ3v) is 6.80. The van der Waals surface area contributed by atoms with Gasteiger partial charge in [-0.2, -0.15) is 22.9 Å². The van der Waals surface area contributed by atoms with Crippen molar-refractivity contribution in [2.24, 2.45) is 10.5 Å². The van der Waals surface area contributed by atoms with Gasteiger partial charge in [0.25, 0.3) is 5.56 Å². The molecule has 4 rings (SSSR count). The van der Waals surface area contributed by atoms with E-state index in [0.717, 1.165) is 29.7 Å². The number of aromatic nitrogens is 2. The Morgan fingerprint density at radius 2 is 1.68 bits per heavy atom. The fourth-order valence-corrected chi connectivity index (χ4v) is 5.58. The van der Waals surface area contributed by atoms with Crippen LogP contribution in [0.25, 0.3) is 22.3 Å². The standard InChI is InChI=1S/C27H22F3I2N3O2/c1-26(2,3)15-37-23-20(31)11-16(12-21(23)32)14-33-35-24(17-7-6-8-18(13-17)27(28,29)30)34-22-10-5-4-9-19(22)25(35)36/h4-14H,15H2,1-3H3. The largest absolute Gasteiger partial charge is 0.491 e. The van der Waals surface area contributed by atoms with Crippen molar-refractivity contribution in [1.29, 1.82) is 0 Å². The van der Waals surface area contributed by atoms with E-state index in [1.807, 2.05) is 12.1 Å². The molecule has 37 heavy (non-hydrogen) atoms. The maximum atomic E-state index is 13.4. The number of hydrogen-bond acceptors (Lipinski definition) is 4. The van der Waals surface area contributed by atoms with Gasteiger partial charge >= 0.3 is 6.18 Å². The van der Waals surface area contributed by atoms with Crippen LogP contribution in [0, 0.1) is 12.6 Å². The van der Waals surface area contributed by atoms with E-state index in [9.17, 15) is 18.0 Å². The number of hydrogen-bond donors (Lipinski definition) is 0. The normalized spacial score (nSPS) is 12.4. The topological polar surface area (TPSA) is 56.5 Å². The molecular weight excluding hydrogens is 709 g/mol. The Hall–Kier alpha value is -2.48. The number of benzene rings is 3. The molecule has 1 aromatic heterocycles. The molecule has 0 saturated heterocycles. The molecule has 0 fully saturated rings. The quantitative estimate of drug-likeness (QED) is 0.157. The van der Waals surface area contributed by atoms with Crippen molar-refractivity contribution in [1.82, 2.24) is 9.66 Å². The Morgan fingerprint density at radius 1 is 1.00 bits per heavy atom. The first-order chi connectivity index (χ1) is 17.3. The molecule has 3 aromatic carbocycles. The van der Waals surface area contributed by atoms with Gasteiger partial charge in [0.2, 0.25) is 0 Å². The van der Waals surface area contributed by atoms with Crippen molar-refractivity contribution in [3.8, 4) is 17.1 Å². The zero-order chi connectivity index (χ0) is 27.0. The highest BCUT2D eigenvalue weighted by atomic mass is 127. The summed E-state index contributed by atoms with van der Waals surface area (Å²) >= 11 is 4.37. The van der Waals surface area contributed by atoms with Crippen LogP contribution in [0.1, 0.15) is 31.9 Å². The van der Waals surface area contributed by atoms with Gasteiger partial charge in [-0.25, -0.2) is 4.98 Å². The van der Waals surface area contributed by atoms with Crippen molar-refractivity contribution >= 4 is 62.3 Å². The molecule has 10 heteroatoms. The molecule has 192 valence electrons. The Bertz CT molecular complexity index is 1530. The van der Waals surface area contributed by atoms with Gasteiger partial charge in [-0.15, -0.1) is 0 Å². The number of para-hydroxylation sites is 1. The lowest BCUT2D eigenvalue weighted by molar-refractivity contribution is -0.137. The SMILES string of the molecule is CC(C)(C)COc1c(I)cc(C=Nn2c(-c3cccc(C(F)(F)F)c3)nc3ccccc3c2=O)cc1I. The van der Waals surface area contributed by atoms with Crippen molar-refractivity contribution in [3.63, 3.8) is 0 Å². The molecule has 5 nitrogen and oxygen atoms in total. The van der Waals surface area contributed by atoms with E-state index < -0.39 is 17.3 Å². The van der Waals surface area contributed by atoms with Crippen molar-refractivity contribution in [2.75, 3.05) is 6.61 Å². The number of rotatable bonds is 5. The van der Waals surface area contributed by atoms with Gasteiger partial charge < -0.3 is 4.74 Å². The van der Waals surface area contributed by atoms with E-state index in [-0.39, 0.29) is 16.8 Å². The van der Waals surface area contributed by atoms with Crippen LogP contribution in [0.3, 0.4) is 0 Å². The molecule has 0 radical (unpaired) electrons. The van der Waals surface area contributed by atoms with Gasteiger partial charge in [-0.1, -0.05) is 45.0 Å². The third kappa shape index (κ3) is 6.51. The summed E-state index contributed by atoms with van der Waals surface area (Å²) in [5.41, 5.74) is -0.120. The average Bonchev–Trinajstić information content (AvgIpc) is 2.81. The molecule has 1 heterocycles. The Labute approximate surface area is 239 Å². The van der Waals surface area contributed by atoms with Crippen LogP contribution in [0.15, 0.2) is 70.6 Å². The van der Waals surface area contributed by atoms with E-state index in [0.29, 0.717) is 23.1 Å². The first-order valence-corrected chi connectivity index (χ1v) is 13.3. The minimum absolute atomic E-state index is 0.00361. The molecule has 0 aliphatic carbocycles. The summed E-state index contributed by atoms with van der Waals surface area (Å²) < 4.78 is 49.0. The third-order valence-electron chi connectivity index (χ3n) is 5.19. The summed E-state index contributed by atoms with van der Waals surface area (Å²) in [7, 11) is 0. The summed E-state index contributed by atoms with van der Waals surface area (Å²) in [6.45, 7) is 6.81. The van der Waals surface area contributed by atoms with Gasteiger partial charge in [0, 0.05) is 5.56 Å². The summed E-state index contributed by atoms with van der Waals surface area (Å²) in [6.07, 6.45) is -3.04. The van der Waals surface area contributed by atoms with Crippen molar-refractivity contribution < 1.29 is 17.9 Å². The summed E-state index contributed by atoms with van der Waals surface area (Å²) in [5, 5.41) is 4.69. The molecule has 0 atom stereocenters. The molecule has 0 unspecified atom stereocenters. The highest BCUT2D eigenvalue weighted by Crippen LogP contribution is 2.32. The Kier molecular flexibility index (Phi) is 7.98. The van der Waals surface area contributed by atoms with Crippen LogP contribution < -0.4 is 10.3 Å². The van der Waals surface area contributed by atoms with Crippen molar-refractivity contribution in [2.45, 2.75) is 26.9 Å². The Morgan fingerprint density at radius 3 is 2.32 bits per heavy atom. The highest BCUT2D eigenvalue weighted by Gasteiger charge is 2.31. The van der Waals surface area contributed by atoms with E-state index in [4.69, 9.17) is 4.74 Å². The average molecular weight is 731 g/mol. The minimum atomic E-state index is -4.54. The first kappa shape index (κ1) is 27.6.